The zero-order valence-electron chi connectivity index (χ0n) is 11.0. The first-order valence-electron chi connectivity index (χ1n) is 6.07. The summed E-state index contributed by atoms with van der Waals surface area (Å²) in [6.07, 6.45) is 2.17. The van der Waals surface area contributed by atoms with Crippen molar-refractivity contribution >= 4 is 17.9 Å². The van der Waals surface area contributed by atoms with Gasteiger partial charge in [-0.3, -0.25) is 9.59 Å². The minimum Gasteiger partial charge on any atom is -0.480 e. The van der Waals surface area contributed by atoms with Crippen molar-refractivity contribution in [1.29, 1.82) is 0 Å². The number of aliphatic carboxylic acids is 1. The molecule has 0 saturated carbocycles. The highest BCUT2D eigenvalue weighted by Crippen LogP contribution is 2.12. The Morgan fingerprint density at radius 2 is 2.21 bits per heavy atom. The lowest BCUT2D eigenvalue weighted by Crippen LogP contribution is -2.45. The second-order valence-electron chi connectivity index (χ2n) is 4.48. The molecule has 1 fully saturated rings. The number of amides is 3. The quantitative estimate of drug-likeness (QED) is 0.681. The van der Waals surface area contributed by atoms with Crippen molar-refractivity contribution in [3.05, 3.63) is 12.7 Å². The van der Waals surface area contributed by atoms with E-state index in [0.717, 1.165) is 0 Å². The van der Waals surface area contributed by atoms with Gasteiger partial charge in [-0.25, -0.2) is 4.79 Å². The van der Waals surface area contributed by atoms with Crippen molar-refractivity contribution in [3.63, 3.8) is 0 Å². The molecule has 1 unspecified atom stereocenters. The van der Waals surface area contributed by atoms with Gasteiger partial charge >= 0.3 is 12.0 Å². The van der Waals surface area contributed by atoms with Gasteiger partial charge in [0.1, 0.15) is 6.54 Å². The molecule has 0 aromatic carbocycles. The van der Waals surface area contributed by atoms with Crippen LogP contribution in [0.25, 0.3) is 0 Å². The summed E-state index contributed by atoms with van der Waals surface area (Å²) in [5.74, 6) is -1.19. The SMILES string of the molecule is C=CCN(CC(=O)O)C(=O)N1CCC(NC(C)=O)C1. The maximum Gasteiger partial charge on any atom is 0.323 e. The molecular formula is C12H19N3O4. The van der Waals surface area contributed by atoms with Crippen molar-refractivity contribution in [2.75, 3.05) is 26.2 Å². The Labute approximate surface area is 111 Å². The molecular weight excluding hydrogens is 250 g/mol. The van der Waals surface area contributed by atoms with E-state index in [1.54, 1.807) is 4.90 Å². The van der Waals surface area contributed by atoms with E-state index in [0.29, 0.717) is 19.5 Å². The number of hydrogen-bond donors (Lipinski definition) is 2. The summed E-state index contributed by atoms with van der Waals surface area (Å²) < 4.78 is 0. The summed E-state index contributed by atoms with van der Waals surface area (Å²) >= 11 is 0. The fraction of sp³-hybridized carbons (Fsp3) is 0.583. The molecule has 0 aromatic heterocycles. The Hall–Kier alpha value is -2.05. The Morgan fingerprint density at radius 3 is 2.74 bits per heavy atom. The van der Waals surface area contributed by atoms with Crippen molar-refractivity contribution in [2.45, 2.75) is 19.4 Å². The summed E-state index contributed by atoms with van der Waals surface area (Å²) in [5.41, 5.74) is 0. The van der Waals surface area contributed by atoms with E-state index in [4.69, 9.17) is 5.11 Å². The standard InChI is InChI=1S/C12H19N3O4/c1-3-5-14(8-11(17)18)12(19)15-6-4-10(7-15)13-9(2)16/h3,10H,1,4-8H2,2H3,(H,13,16)(H,17,18). The monoisotopic (exact) mass is 269 g/mol. The van der Waals surface area contributed by atoms with Crippen LogP contribution >= 0.6 is 0 Å². The van der Waals surface area contributed by atoms with Crippen LogP contribution in [0.1, 0.15) is 13.3 Å². The molecule has 0 bridgehead atoms. The Kier molecular flexibility index (Phi) is 5.35. The number of rotatable bonds is 5. The van der Waals surface area contributed by atoms with Crippen LogP contribution in [0.3, 0.4) is 0 Å². The molecule has 19 heavy (non-hydrogen) atoms. The third kappa shape index (κ3) is 4.61. The molecule has 0 aromatic rings. The molecule has 1 heterocycles. The minimum atomic E-state index is -1.06. The Balaban J connectivity index is 2.58. The zero-order chi connectivity index (χ0) is 14.4. The van der Waals surface area contributed by atoms with Gasteiger partial charge in [0.2, 0.25) is 5.91 Å². The molecule has 7 nitrogen and oxygen atoms in total. The number of hydrogen-bond acceptors (Lipinski definition) is 3. The molecule has 1 rings (SSSR count). The van der Waals surface area contributed by atoms with E-state index in [-0.39, 0.29) is 31.1 Å². The van der Waals surface area contributed by atoms with Crippen LogP contribution in [0.15, 0.2) is 12.7 Å². The molecule has 0 spiro atoms. The topological polar surface area (TPSA) is 90.0 Å². The van der Waals surface area contributed by atoms with Crippen molar-refractivity contribution in [2.24, 2.45) is 0 Å². The normalized spacial score (nSPS) is 17.9. The van der Waals surface area contributed by atoms with Gasteiger partial charge in [-0.1, -0.05) is 6.08 Å². The predicted octanol–water partition coefficient (Wildman–Crippen LogP) is -0.111. The molecule has 1 aliphatic rings. The van der Waals surface area contributed by atoms with Gasteiger partial charge in [0.05, 0.1) is 0 Å². The maximum atomic E-state index is 12.1. The average Bonchev–Trinajstić information content (AvgIpc) is 2.74. The molecule has 1 atom stereocenters. The van der Waals surface area contributed by atoms with Gasteiger partial charge in [-0.15, -0.1) is 6.58 Å². The Bertz CT molecular complexity index is 383. The molecule has 7 heteroatoms. The van der Waals surface area contributed by atoms with Crippen LogP contribution in [-0.4, -0.2) is 65.0 Å². The number of carboxylic acids is 1. The lowest BCUT2D eigenvalue weighted by atomic mass is 10.3. The first-order valence-corrected chi connectivity index (χ1v) is 6.07. The van der Waals surface area contributed by atoms with Crippen LogP contribution in [-0.2, 0) is 9.59 Å². The number of nitrogens with one attached hydrogen (secondary N) is 1. The Morgan fingerprint density at radius 1 is 1.53 bits per heavy atom. The van der Waals surface area contributed by atoms with E-state index >= 15 is 0 Å². The fourth-order valence-electron chi connectivity index (χ4n) is 2.07. The van der Waals surface area contributed by atoms with E-state index in [1.165, 1.54) is 17.9 Å². The number of carbonyl (C=O) groups is 3. The fourth-order valence-corrected chi connectivity index (χ4v) is 2.07. The van der Waals surface area contributed by atoms with E-state index in [2.05, 4.69) is 11.9 Å². The van der Waals surface area contributed by atoms with Gasteiger partial charge in [0.25, 0.3) is 0 Å². The predicted molar refractivity (Wildman–Crippen MR) is 68.6 cm³/mol. The summed E-state index contributed by atoms with van der Waals surface area (Å²) in [6.45, 7) is 5.69. The van der Waals surface area contributed by atoms with Crippen LogP contribution in [0.2, 0.25) is 0 Å². The lowest BCUT2D eigenvalue weighted by Gasteiger charge is -2.25. The zero-order valence-corrected chi connectivity index (χ0v) is 11.0. The first-order chi connectivity index (χ1) is 8.93. The van der Waals surface area contributed by atoms with Gasteiger partial charge in [-0.05, 0) is 6.42 Å². The summed E-state index contributed by atoms with van der Waals surface area (Å²) in [7, 11) is 0. The highest BCUT2D eigenvalue weighted by Gasteiger charge is 2.29. The van der Waals surface area contributed by atoms with Crippen molar-refractivity contribution in [3.8, 4) is 0 Å². The molecule has 0 aliphatic carbocycles. The first kappa shape index (κ1) is 15.0. The van der Waals surface area contributed by atoms with Gasteiger partial charge < -0.3 is 20.2 Å². The molecule has 0 radical (unpaired) electrons. The van der Waals surface area contributed by atoms with E-state index < -0.39 is 5.97 Å². The lowest BCUT2D eigenvalue weighted by molar-refractivity contribution is -0.137. The largest absolute Gasteiger partial charge is 0.480 e. The van der Waals surface area contributed by atoms with Crippen molar-refractivity contribution in [1.82, 2.24) is 15.1 Å². The van der Waals surface area contributed by atoms with Crippen LogP contribution in [0.4, 0.5) is 4.79 Å². The highest BCUT2D eigenvalue weighted by atomic mass is 16.4. The molecule has 3 amide bonds. The summed E-state index contributed by atoms with van der Waals surface area (Å²) in [6, 6.07) is -0.396. The average molecular weight is 269 g/mol. The smallest absolute Gasteiger partial charge is 0.323 e. The highest BCUT2D eigenvalue weighted by molar-refractivity contribution is 5.80. The van der Waals surface area contributed by atoms with Crippen molar-refractivity contribution < 1.29 is 19.5 Å². The second kappa shape index (κ2) is 6.77. The number of nitrogens with zero attached hydrogens (tertiary/aromatic N) is 2. The van der Waals surface area contributed by atoms with Gasteiger partial charge in [0, 0.05) is 32.6 Å². The number of carbonyl (C=O) groups excluding carboxylic acids is 2. The summed E-state index contributed by atoms with van der Waals surface area (Å²) in [5, 5.41) is 11.5. The number of likely N-dealkylation sites (tertiary alicyclic amines) is 1. The van der Waals surface area contributed by atoms with E-state index in [1.807, 2.05) is 0 Å². The van der Waals surface area contributed by atoms with Crippen LogP contribution < -0.4 is 5.32 Å². The molecule has 1 aliphatic heterocycles. The number of carboxylic acid groups (broad SMARTS) is 1. The van der Waals surface area contributed by atoms with E-state index in [9.17, 15) is 14.4 Å². The second-order valence-corrected chi connectivity index (χ2v) is 4.48. The third-order valence-corrected chi connectivity index (χ3v) is 2.81. The third-order valence-electron chi connectivity index (χ3n) is 2.81. The van der Waals surface area contributed by atoms with Crippen LogP contribution in [0.5, 0.6) is 0 Å². The van der Waals surface area contributed by atoms with Crippen LogP contribution in [0, 0.1) is 0 Å². The minimum absolute atomic E-state index is 0.0585. The molecule has 2 N–H and O–H groups in total. The molecule has 106 valence electrons. The van der Waals surface area contributed by atoms with Gasteiger partial charge in [0.15, 0.2) is 0 Å². The summed E-state index contributed by atoms with van der Waals surface area (Å²) in [4.78, 5) is 36.5. The molecule has 1 saturated heterocycles. The van der Waals surface area contributed by atoms with Gasteiger partial charge in [-0.2, -0.15) is 0 Å². The number of urea groups is 1. The maximum absolute atomic E-state index is 12.1.